The molecule has 1 aromatic rings. The van der Waals surface area contributed by atoms with Gasteiger partial charge < -0.3 is 10.0 Å². The minimum absolute atomic E-state index is 0.00775. The van der Waals surface area contributed by atoms with Gasteiger partial charge >= 0.3 is 0 Å². The highest BCUT2D eigenvalue weighted by molar-refractivity contribution is 6.06. The van der Waals surface area contributed by atoms with Crippen LogP contribution in [0.5, 0.6) is 0 Å². The monoisotopic (exact) mass is 375 g/mol. The predicted octanol–water partition coefficient (Wildman–Crippen LogP) is 4.45. The molecule has 2 fully saturated rings. The lowest BCUT2D eigenvalue weighted by Gasteiger charge is -2.76. The summed E-state index contributed by atoms with van der Waals surface area (Å²) in [6.07, 6.45) is 5.90. The molecule has 4 nitrogen and oxygen atoms in total. The fourth-order valence-corrected chi connectivity index (χ4v) is 7.31. The lowest BCUT2D eigenvalue weighted by molar-refractivity contribution is -0.269. The number of fused-ring (bicyclic) bond motifs is 6. The highest BCUT2D eigenvalue weighted by Crippen LogP contribution is 2.88. The zero-order valence-corrected chi connectivity index (χ0v) is 17.7. The second-order valence-electron chi connectivity index (χ2n) is 11.2. The molecule has 0 aromatic carbocycles. The molecule has 3 aliphatic carbocycles. The van der Waals surface area contributed by atoms with Crippen LogP contribution in [0.1, 0.15) is 71.3 Å². The Labute approximate surface area is 167 Å². The van der Waals surface area contributed by atoms with E-state index in [0.29, 0.717) is 11.3 Å². The Kier molecular flexibility index (Phi) is 2.70. The van der Waals surface area contributed by atoms with Crippen molar-refractivity contribution in [2.75, 3.05) is 0 Å². The van der Waals surface area contributed by atoms with Gasteiger partial charge in [0.25, 0.3) is 0 Å². The standard InChI is InChI=1S/C24H29N3O/c1-21(2,3)16-8-7-13-15(25-16)9-10-27-18-14-11-22(4)12-23(5,24(14,22)6)17(18)20(28)26-19(13)27/h7-10,14,20,28H,11-12H2,1-6H3. The molecular weight excluding hydrogens is 346 g/mol. The summed E-state index contributed by atoms with van der Waals surface area (Å²) < 4.78 is 0. The first-order valence-corrected chi connectivity index (χ1v) is 10.5. The van der Waals surface area contributed by atoms with E-state index in [-0.39, 0.29) is 16.2 Å². The van der Waals surface area contributed by atoms with Gasteiger partial charge in [0.2, 0.25) is 0 Å². The van der Waals surface area contributed by atoms with Crippen molar-refractivity contribution in [3.05, 3.63) is 46.6 Å². The van der Waals surface area contributed by atoms with Crippen LogP contribution in [-0.4, -0.2) is 27.1 Å². The number of aliphatic hydroxyl groups excluding tert-OH is 1. The summed E-state index contributed by atoms with van der Waals surface area (Å²) in [6.45, 7) is 13.8. The molecule has 0 amide bonds. The predicted molar refractivity (Wildman–Crippen MR) is 110 cm³/mol. The number of aliphatic hydroxyl groups is 1. The first-order valence-electron chi connectivity index (χ1n) is 10.5. The molecule has 1 aromatic heterocycles. The maximum absolute atomic E-state index is 11.1. The first kappa shape index (κ1) is 17.0. The van der Waals surface area contributed by atoms with Gasteiger partial charge in [0.1, 0.15) is 5.84 Å². The molecule has 5 unspecified atom stereocenters. The Morgan fingerprint density at radius 3 is 2.61 bits per heavy atom. The SMILES string of the molecule is CC(C)(C)c1ccc2c(n1)C=CN1C2=NC(O)C2=C1C1CC3(C)CC2(C)C13C. The number of hydrogen-bond donors (Lipinski definition) is 1. The topological polar surface area (TPSA) is 48.7 Å². The van der Waals surface area contributed by atoms with E-state index >= 15 is 0 Å². The van der Waals surface area contributed by atoms with Crippen molar-refractivity contribution in [2.24, 2.45) is 27.2 Å². The zero-order valence-electron chi connectivity index (χ0n) is 17.7. The number of hydrogen-bond acceptors (Lipinski definition) is 4. The normalized spacial score (nSPS) is 42.1. The van der Waals surface area contributed by atoms with Crippen LogP contribution in [0.3, 0.4) is 0 Å². The van der Waals surface area contributed by atoms with Crippen LogP contribution in [-0.2, 0) is 5.41 Å². The molecule has 5 atom stereocenters. The van der Waals surface area contributed by atoms with E-state index in [9.17, 15) is 5.11 Å². The lowest BCUT2D eigenvalue weighted by Crippen LogP contribution is -2.70. The molecule has 2 aliphatic heterocycles. The molecule has 1 N–H and O–H groups in total. The van der Waals surface area contributed by atoms with Gasteiger partial charge in [-0.2, -0.15) is 0 Å². The van der Waals surface area contributed by atoms with E-state index < -0.39 is 6.23 Å². The van der Waals surface area contributed by atoms with Gasteiger partial charge in [0.05, 0.1) is 5.69 Å². The molecule has 0 spiro atoms. The summed E-state index contributed by atoms with van der Waals surface area (Å²) in [7, 11) is 0. The zero-order chi connectivity index (χ0) is 19.9. The van der Waals surface area contributed by atoms with Gasteiger partial charge in [-0.15, -0.1) is 0 Å². The van der Waals surface area contributed by atoms with Crippen LogP contribution in [0.4, 0.5) is 0 Å². The number of aromatic nitrogens is 1. The third-order valence-corrected chi connectivity index (χ3v) is 9.00. The quantitative estimate of drug-likeness (QED) is 0.729. The van der Waals surface area contributed by atoms with E-state index in [2.05, 4.69) is 70.9 Å². The van der Waals surface area contributed by atoms with Gasteiger partial charge in [-0.1, -0.05) is 41.5 Å². The van der Waals surface area contributed by atoms with Gasteiger partial charge in [-0.05, 0) is 41.9 Å². The van der Waals surface area contributed by atoms with Crippen molar-refractivity contribution in [1.82, 2.24) is 9.88 Å². The maximum atomic E-state index is 11.1. The summed E-state index contributed by atoms with van der Waals surface area (Å²) in [5, 5.41) is 11.1. The van der Waals surface area contributed by atoms with Gasteiger partial charge in [0.15, 0.2) is 6.23 Å². The molecule has 4 heteroatoms. The molecule has 5 aliphatic rings. The Morgan fingerprint density at radius 2 is 1.93 bits per heavy atom. The number of allylic oxidation sites excluding steroid dienone is 1. The lowest BCUT2D eigenvalue weighted by atomic mass is 9.27. The minimum Gasteiger partial charge on any atom is -0.368 e. The molecule has 28 heavy (non-hydrogen) atoms. The van der Waals surface area contributed by atoms with Crippen LogP contribution >= 0.6 is 0 Å². The van der Waals surface area contributed by atoms with E-state index in [1.807, 2.05) is 0 Å². The Balaban J connectivity index is 1.49. The summed E-state index contributed by atoms with van der Waals surface area (Å²) in [6, 6.07) is 4.24. The second-order valence-corrected chi connectivity index (χ2v) is 11.2. The number of rotatable bonds is 0. The van der Waals surface area contributed by atoms with Crippen molar-refractivity contribution in [2.45, 2.75) is 66.0 Å². The molecule has 3 heterocycles. The van der Waals surface area contributed by atoms with Crippen molar-refractivity contribution in [3.63, 3.8) is 0 Å². The van der Waals surface area contributed by atoms with Crippen LogP contribution in [0.25, 0.3) is 6.08 Å². The molecule has 6 rings (SSSR count). The van der Waals surface area contributed by atoms with Crippen molar-refractivity contribution < 1.29 is 5.11 Å². The third-order valence-electron chi connectivity index (χ3n) is 9.00. The van der Waals surface area contributed by atoms with E-state index in [4.69, 9.17) is 9.98 Å². The summed E-state index contributed by atoms with van der Waals surface area (Å²) in [4.78, 5) is 12.0. The summed E-state index contributed by atoms with van der Waals surface area (Å²) in [5.74, 6) is 1.37. The third kappa shape index (κ3) is 1.54. The molecule has 0 bridgehead atoms. The average molecular weight is 376 g/mol. The first-order chi connectivity index (χ1) is 13.0. The number of amidine groups is 1. The van der Waals surface area contributed by atoms with Crippen LogP contribution in [0.2, 0.25) is 0 Å². The van der Waals surface area contributed by atoms with Crippen LogP contribution in [0, 0.1) is 22.2 Å². The molecule has 0 saturated heterocycles. The van der Waals surface area contributed by atoms with E-state index in [1.54, 1.807) is 0 Å². The molecule has 2 saturated carbocycles. The van der Waals surface area contributed by atoms with Crippen molar-refractivity contribution in [1.29, 1.82) is 0 Å². The molecule has 146 valence electrons. The largest absolute Gasteiger partial charge is 0.368 e. The van der Waals surface area contributed by atoms with E-state index in [1.165, 1.54) is 24.1 Å². The van der Waals surface area contributed by atoms with Crippen LogP contribution in [0.15, 0.2) is 34.6 Å². The fraction of sp³-hybridized carbons (Fsp3) is 0.583. The fourth-order valence-electron chi connectivity index (χ4n) is 7.31. The summed E-state index contributed by atoms with van der Waals surface area (Å²) >= 11 is 0. The Morgan fingerprint density at radius 1 is 1.18 bits per heavy atom. The number of nitrogens with zero attached hydrogens (tertiary/aromatic N) is 3. The van der Waals surface area contributed by atoms with Crippen LogP contribution < -0.4 is 0 Å². The highest BCUT2D eigenvalue weighted by Gasteiger charge is 2.82. The van der Waals surface area contributed by atoms with Crippen molar-refractivity contribution >= 4 is 11.9 Å². The molecule has 0 radical (unpaired) electrons. The highest BCUT2D eigenvalue weighted by atomic mass is 16.3. The smallest absolute Gasteiger partial charge is 0.172 e. The Hall–Kier alpha value is -1.94. The summed E-state index contributed by atoms with van der Waals surface area (Å²) in [5.41, 5.74) is 6.28. The van der Waals surface area contributed by atoms with Gasteiger partial charge in [-0.25, -0.2) is 4.99 Å². The Bertz CT molecular complexity index is 1040. The van der Waals surface area contributed by atoms with Gasteiger partial charge in [0, 0.05) is 45.5 Å². The van der Waals surface area contributed by atoms with Crippen molar-refractivity contribution in [3.8, 4) is 0 Å². The minimum atomic E-state index is -0.736. The average Bonchev–Trinajstić information content (AvgIpc) is 2.71. The number of pyridine rings is 1. The second kappa shape index (κ2) is 4.46. The number of aliphatic imine (C=N–C) groups is 1. The maximum Gasteiger partial charge on any atom is 0.172 e. The van der Waals surface area contributed by atoms with Gasteiger partial charge in [-0.3, -0.25) is 4.98 Å². The van der Waals surface area contributed by atoms with E-state index in [0.717, 1.165) is 22.8 Å². The molecular formula is C24H29N3O.